The number of para-hydroxylation sites is 2. The average molecular weight is 771 g/mol. The van der Waals surface area contributed by atoms with Crippen molar-refractivity contribution in [3.63, 3.8) is 0 Å². The minimum absolute atomic E-state index is 0.123. The number of fused-ring (bicyclic) bond motifs is 7. The molecule has 0 radical (unpaired) electrons. The van der Waals surface area contributed by atoms with Crippen LogP contribution in [0.2, 0.25) is 0 Å². The Bertz CT molecular complexity index is 3070. The smallest absolute Gasteiger partial charge is 0.0621 e. The van der Waals surface area contributed by atoms with Gasteiger partial charge in [0.25, 0.3) is 0 Å². The van der Waals surface area contributed by atoms with Crippen LogP contribution >= 0.6 is 0 Å². The van der Waals surface area contributed by atoms with Gasteiger partial charge in [0.15, 0.2) is 0 Å². The quantitative estimate of drug-likeness (QED) is 0.159. The van der Waals surface area contributed by atoms with Crippen LogP contribution in [0.1, 0.15) is 49.9 Å². The van der Waals surface area contributed by atoms with Crippen LogP contribution in [0.3, 0.4) is 0 Å². The molecule has 11 rings (SSSR count). The monoisotopic (exact) mass is 770 g/mol. The number of hydrogen-bond donors (Lipinski definition) is 0. The Morgan fingerprint density at radius 3 is 1.48 bits per heavy atom. The largest absolute Gasteiger partial charge is 0.310 e. The van der Waals surface area contributed by atoms with E-state index >= 15 is 0 Å². The Labute approximate surface area is 353 Å². The molecule has 2 aliphatic rings. The van der Waals surface area contributed by atoms with Gasteiger partial charge in [0.05, 0.1) is 5.69 Å². The van der Waals surface area contributed by atoms with Crippen LogP contribution in [-0.2, 0) is 10.8 Å². The van der Waals surface area contributed by atoms with E-state index in [0.29, 0.717) is 0 Å². The van der Waals surface area contributed by atoms with Crippen LogP contribution in [-0.4, -0.2) is 0 Å². The molecule has 0 fully saturated rings. The number of anilines is 6. The first-order valence-electron chi connectivity index (χ1n) is 21.1. The molecule has 0 N–H and O–H groups in total. The van der Waals surface area contributed by atoms with Crippen LogP contribution < -0.4 is 9.80 Å². The Kier molecular flexibility index (Phi) is 8.22. The second-order valence-corrected chi connectivity index (χ2v) is 17.4. The normalized spacial score (nSPS) is 13.9. The van der Waals surface area contributed by atoms with Crippen molar-refractivity contribution >= 4 is 44.9 Å². The molecule has 0 bridgehead atoms. The summed E-state index contributed by atoms with van der Waals surface area (Å²) in [5.41, 5.74) is 19.6. The standard InChI is InChI=1S/C58H46N2/c1-57(2)51-27-17-16-26-48(51)49-34-32-46(38-52(49)57)60(43-23-12-7-13-24-43)56-47-25-15-14-20-41(47)36-54-55(56)50-35-33-45(37-53(50)58(54,3)4)59(42-21-10-6-11-22-42)44-30-28-40(29-31-44)39-18-8-5-9-19-39/h5-38H,1-4H3. The summed E-state index contributed by atoms with van der Waals surface area (Å²) in [6.07, 6.45) is 0. The lowest BCUT2D eigenvalue weighted by atomic mass is 9.81. The first kappa shape index (κ1) is 36.0. The van der Waals surface area contributed by atoms with E-state index in [1.54, 1.807) is 0 Å². The topological polar surface area (TPSA) is 6.48 Å². The molecule has 0 aromatic heterocycles. The van der Waals surface area contributed by atoms with Crippen LogP contribution in [0.25, 0.3) is 44.2 Å². The second kappa shape index (κ2) is 13.7. The molecule has 0 atom stereocenters. The van der Waals surface area contributed by atoms with E-state index < -0.39 is 0 Å². The van der Waals surface area contributed by atoms with Crippen molar-refractivity contribution in [3.05, 3.63) is 229 Å². The molecular formula is C58H46N2. The Balaban J connectivity index is 1.12. The summed E-state index contributed by atoms with van der Waals surface area (Å²) < 4.78 is 0. The maximum absolute atomic E-state index is 2.53. The van der Waals surface area contributed by atoms with Gasteiger partial charge in [0.2, 0.25) is 0 Å². The van der Waals surface area contributed by atoms with Gasteiger partial charge >= 0.3 is 0 Å². The fraction of sp³-hybridized carbons (Fsp3) is 0.103. The lowest BCUT2D eigenvalue weighted by Gasteiger charge is -2.31. The predicted octanol–water partition coefficient (Wildman–Crippen LogP) is 16.1. The Hall–Kier alpha value is -7.16. The van der Waals surface area contributed by atoms with Gasteiger partial charge in [-0.05, 0) is 122 Å². The third-order valence-corrected chi connectivity index (χ3v) is 13.2. The highest BCUT2D eigenvalue weighted by Gasteiger charge is 2.41. The Morgan fingerprint density at radius 2 is 0.783 bits per heavy atom. The van der Waals surface area contributed by atoms with Gasteiger partial charge in [-0.25, -0.2) is 0 Å². The molecule has 0 aliphatic heterocycles. The molecule has 2 heteroatoms. The lowest BCUT2D eigenvalue weighted by Crippen LogP contribution is -2.18. The number of hydrogen-bond acceptors (Lipinski definition) is 2. The number of rotatable bonds is 7. The molecule has 0 spiro atoms. The van der Waals surface area contributed by atoms with Gasteiger partial charge in [0, 0.05) is 50.2 Å². The summed E-state index contributed by atoms with van der Waals surface area (Å²) in [6, 6.07) is 75.9. The van der Waals surface area contributed by atoms with Crippen molar-refractivity contribution in [1.29, 1.82) is 0 Å². The summed E-state index contributed by atoms with van der Waals surface area (Å²) in [7, 11) is 0. The zero-order valence-electron chi connectivity index (χ0n) is 34.5. The molecule has 0 saturated carbocycles. The fourth-order valence-corrected chi connectivity index (χ4v) is 10.2. The van der Waals surface area contributed by atoms with Crippen molar-refractivity contribution in [2.45, 2.75) is 38.5 Å². The molecule has 60 heavy (non-hydrogen) atoms. The average Bonchev–Trinajstić information content (AvgIpc) is 3.66. The highest BCUT2D eigenvalue weighted by Crippen LogP contribution is 2.58. The van der Waals surface area contributed by atoms with Crippen molar-refractivity contribution < 1.29 is 0 Å². The molecule has 2 aliphatic carbocycles. The minimum atomic E-state index is -0.275. The van der Waals surface area contributed by atoms with E-state index in [4.69, 9.17) is 0 Å². The molecule has 0 unspecified atom stereocenters. The van der Waals surface area contributed by atoms with Crippen LogP contribution in [0.15, 0.2) is 206 Å². The van der Waals surface area contributed by atoms with E-state index in [0.717, 1.165) is 28.4 Å². The van der Waals surface area contributed by atoms with Gasteiger partial charge in [-0.3, -0.25) is 0 Å². The lowest BCUT2D eigenvalue weighted by molar-refractivity contribution is 0.660. The third kappa shape index (κ3) is 5.55. The number of benzene rings is 9. The van der Waals surface area contributed by atoms with E-state index in [2.05, 4.69) is 244 Å². The molecule has 0 heterocycles. The minimum Gasteiger partial charge on any atom is -0.310 e. The third-order valence-electron chi connectivity index (χ3n) is 13.2. The summed E-state index contributed by atoms with van der Waals surface area (Å²) in [6.45, 7) is 9.56. The highest BCUT2D eigenvalue weighted by atomic mass is 15.2. The summed E-state index contributed by atoms with van der Waals surface area (Å²) in [4.78, 5) is 4.93. The van der Waals surface area contributed by atoms with Crippen molar-refractivity contribution in [3.8, 4) is 33.4 Å². The first-order chi connectivity index (χ1) is 29.3. The number of nitrogens with zero attached hydrogens (tertiary/aromatic N) is 2. The maximum Gasteiger partial charge on any atom is 0.0621 e. The van der Waals surface area contributed by atoms with Crippen LogP contribution in [0.5, 0.6) is 0 Å². The molecule has 288 valence electrons. The van der Waals surface area contributed by atoms with Gasteiger partial charge < -0.3 is 9.80 Å². The van der Waals surface area contributed by atoms with Gasteiger partial charge in [-0.1, -0.05) is 167 Å². The zero-order chi connectivity index (χ0) is 40.6. The molecule has 9 aromatic rings. The summed E-state index contributed by atoms with van der Waals surface area (Å²) in [5, 5.41) is 2.48. The van der Waals surface area contributed by atoms with Gasteiger partial charge in [-0.2, -0.15) is 0 Å². The van der Waals surface area contributed by atoms with E-state index in [1.807, 2.05) is 0 Å². The second-order valence-electron chi connectivity index (χ2n) is 17.4. The van der Waals surface area contributed by atoms with Crippen molar-refractivity contribution in [1.82, 2.24) is 0 Å². The predicted molar refractivity (Wildman–Crippen MR) is 254 cm³/mol. The molecule has 0 amide bonds. The summed E-state index contributed by atoms with van der Waals surface area (Å²) >= 11 is 0. The molecule has 0 saturated heterocycles. The molecular weight excluding hydrogens is 725 g/mol. The van der Waals surface area contributed by atoms with E-state index in [1.165, 1.54) is 72.1 Å². The van der Waals surface area contributed by atoms with Gasteiger partial charge in [-0.15, -0.1) is 0 Å². The van der Waals surface area contributed by atoms with Crippen LogP contribution in [0, 0.1) is 0 Å². The SMILES string of the molecule is CC1(C)c2ccccc2-c2ccc(N(c3ccccc3)c3c4c(cc5ccccc35)C(C)(C)c3cc(N(c5ccccc5)c5ccc(-c6ccccc6)cc5)ccc3-4)cc21. The van der Waals surface area contributed by atoms with Crippen molar-refractivity contribution in [2.24, 2.45) is 0 Å². The zero-order valence-corrected chi connectivity index (χ0v) is 34.5. The van der Waals surface area contributed by atoms with Gasteiger partial charge in [0.1, 0.15) is 0 Å². The van der Waals surface area contributed by atoms with Crippen molar-refractivity contribution in [2.75, 3.05) is 9.80 Å². The fourth-order valence-electron chi connectivity index (χ4n) is 10.2. The molecule has 2 nitrogen and oxygen atoms in total. The first-order valence-corrected chi connectivity index (χ1v) is 21.1. The Morgan fingerprint density at radius 1 is 0.317 bits per heavy atom. The van der Waals surface area contributed by atoms with E-state index in [-0.39, 0.29) is 10.8 Å². The van der Waals surface area contributed by atoms with Crippen LogP contribution in [0.4, 0.5) is 34.1 Å². The molecule has 9 aromatic carbocycles. The maximum atomic E-state index is 2.53. The van der Waals surface area contributed by atoms with E-state index in [9.17, 15) is 0 Å². The summed E-state index contributed by atoms with van der Waals surface area (Å²) in [5.74, 6) is 0. The highest BCUT2D eigenvalue weighted by molar-refractivity contribution is 6.10.